The van der Waals surface area contributed by atoms with Gasteiger partial charge in [-0.25, -0.2) is 17.7 Å². The summed E-state index contributed by atoms with van der Waals surface area (Å²) in [6.07, 6.45) is 3.82. The number of aromatic nitrogens is 1. The molecule has 112 valence electrons. The van der Waals surface area contributed by atoms with Gasteiger partial charge in [-0.05, 0) is 38.6 Å². The third-order valence-electron chi connectivity index (χ3n) is 3.71. The number of likely N-dealkylation sites (tertiary alicyclic amines) is 1. The number of pyridine rings is 1. The quantitative estimate of drug-likeness (QED) is 0.872. The number of sulfonamides is 1. The van der Waals surface area contributed by atoms with Gasteiger partial charge < -0.3 is 10.2 Å². The normalized spacial score (nSPS) is 20.5. The summed E-state index contributed by atoms with van der Waals surface area (Å²) >= 11 is 0. The van der Waals surface area contributed by atoms with Gasteiger partial charge in [-0.2, -0.15) is 0 Å². The molecule has 1 aliphatic heterocycles. The van der Waals surface area contributed by atoms with Crippen molar-refractivity contribution in [2.24, 2.45) is 0 Å². The Kier molecular flexibility index (Phi) is 4.62. The molecule has 2 rings (SSSR count). The van der Waals surface area contributed by atoms with Crippen LogP contribution in [0.1, 0.15) is 12.8 Å². The van der Waals surface area contributed by atoms with Crippen LogP contribution in [0, 0.1) is 0 Å². The topological polar surface area (TPSA) is 65.5 Å². The van der Waals surface area contributed by atoms with E-state index >= 15 is 0 Å². The van der Waals surface area contributed by atoms with Crippen molar-refractivity contribution < 1.29 is 8.42 Å². The summed E-state index contributed by atoms with van der Waals surface area (Å²) in [7, 11) is 1.75. The fourth-order valence-corrected chi connectivity index (χ4v) is 3.16. The summed E-state index contributed by atoms with van der Waals surface area (Å²) in [5, 5.41) is 3.26. The van der Waals surface area contributed by atoms with Crippen LogP contribution in [0.2, 0.25) is 0 Å². The second-order valence-electron chi connectivity index (χ2n) is 5.32. The molecule has 1 fully saturated rings. The van der Waals surface area contributed by atoms with Crippen molar-refractivity contribution in [3.63, 3.8) is 0 Å². The highest BCUT2D eigenvalue weighted by Gasteiger charge is 2.21. The minimum Gasteiger partial charge on any atom is -0.369 e. The van der Waals surface area contributed by atoms with Crippen LogP contribution < -0.4 is 5.32 Å². The van der Waals surface area contributed by atoms with E-state index < -0.39 is 10.0 Å². The van der Waals surface area contributed by atoms with Crippen LogP contribution in [0.3, 0.4) is 0 Å². The van der Waals surface area contributed by atoms with E-state index in [4.69, 9.17) is 0 Å². The third-order valence-corrected chi connectivity index (χ3v) is 5.50. The van der Waals surface area contributed by atoms with Crippen molar-refractivity contribution in [2.75, 3.05) is 39.5 Å². The molecule has 0 aromatic carbocycles. The zero-order chi connectivity index (χ0) is 14.8. The van der Waals surface area contributed by atoms with Gasteiger partial charge in [0.1, 0.15) is 10.7 Å². The lowest BCUT2D eigenvalue weighted by atomic mass is 10.2. The van der Waals surface area contributed by atoms with Gasteiger partial charge in [0.25, 0.3) is 0 Å². The van der Waals surface area contributed by atoms with E-state index in [2.05, 4.69) is 22.2 Å². The van der Waals surface area contributed by atoms with Gasteiger partial charge in [-0.1, -0.05) is 0 Å². The Morgan fingerprint density at radius 1 is 1.45 bits per heavy atom. The number of nitrogens with zero attached hydrogens (tertiary/aromatic N) is 3. The van der Waals surface area contributed by atoms with E-state index in [1.165, 1.54) is 37.4 Å². The molecule has 1 N–H and O–H groups in total. The van der Waals surface area contributed by atoms with Crippen molar-refractivity contribution in [3.8, 4) is 0 Å². The predicted molar refractivity (Wildman–Crippen MR) is 79.3 cm³/mol. The second-order valence-corrected chi connectivity index (χ2v) is 7.48. The third kappa shape index (κ3) is 3.28. The molecule has 0 aliphatic carbocycles. The van der Waals surface area contributed by atoms with Gasteiger partial charge in [0.15, 0.2) is 0 Å². The maximum atomic E-state index is 11.9. The number of rotatable bonds is 5. The Bertz CT molecular complexity index is 542. The number of nitrogens with one attached hydrogen (secondary N) is 1. The minimum atomic E-state index is -3.40. The van der Waals surface area contributed by atoms with E-state index in [1.807, 2.05) is 0 Å². The standard InChI is InChI=1S/C13H22N4O2S/c1-16(2)20(18,19)12-6-7-13(15-10-12)14-9-11-5-4-8-17(11)3/h6-7,10-11H,4-5,8-9H2,1-3H3,(H,14,15). The SMILES string of the molecule is CN1CCCC1CNc1ccc(S(=O)(=O)N(C)C)cn1. The molecule has 2 heterocycles. The highest BCUT2D eigenvalue weighted by atomic mass is 32.2. The summed E-state index contributed by atoms with van der Waals surface area (Å²) in [6, 6.07) is 3.83. The van der Waals surface area contributed by atoms with Gasteiger partial charge in [0.05, 0.1) is 0 Å². The molecule has 1 unspecified atom stereocenters. The number of hydrogen-bond acceptors (Lipinski definition) is 5. The Balaban J connectivity index is 1.98. The van der Waals surface area contributed by atoms with Gasteiger partial charge in [-0.3, -0.25) is 0 Å². The van der Waals surface area contributed by atoms with Crippen LogP contribution in [-0.4, -0.2) is 62.9 Å². The highest BCUT2D eigenvalue weighted by Crippen LogP contribution is 2.17. The Morgan fingerprint density at radius 2 is 2.20 bits per heavy atom. The molecule has 1 atom stereocenters. The first-order chi connectivity index (χ1) is 9.41. The van der Waals surface area contributed by atoms with E-state index in [1.54, 1.807) is 12.1 Å². The molecule has 0 spiro atoms. The first kappa shape index (κ1) is 15.2. The first-order valence-electron chi connectivity index (χ1n) is 6.74. The van der Waals surface area contributed by atoms with Crippen LogP contribution in [0.15, 0.2) is 23.2 Å². The predicted octanol–water partition coefficient (Wildman–Crippen LogP) is 0.838. The Hall–Kier alpha value is -1.18. The molecular formula is C13H22N4O2S. The van der Waals surface area contributed by atoms with Crippen LogP contribution in [0.25, 0.3) is 0 Å². The number of likely N-dealkylation sites (N-methyl/N-ethyl adjacent to an activating group) is 1. The molecular weight excluding hydrogens is 276 g/mol. The lowest BCUT2D eigenvalue weighted by Crippen LogP contribution is -2.31. The summed E-state index contributed by atoms with van der Waals surface area (Å²) in [5.41, 5.74) is 0. The Labute approximate surface area is 120 Å². The molecule has 1 aromatic rings. The Morgan fingerprint density at radius 3 is 2.70 bits per heavy atom. The fourth-order valence-electron chi connectivity index (χ4n) is 2.31. The summed E-state index contributed by atoms with van der Waals surface area (Å²) in [4.78, 5) is 6.72. The lowest BCUT2D eigenvalue weighted by Gasteiger charge is -2.20. The monoisotopic (exact) mass is 298 g/mol. The van der Waals surface area contributed by atoms with Crippen LogP contribution >= 0.6 is 0 Å². The van der Waals surface area contributed by atoms with Crippen LogP contribution in [0.4, 0.5) is 5.82 Å². The molecule has 0 saturated carbocycles. The first-order valence-corrected chi connectivity index (χ1v) is 8.18. The number of anilines is 1. The maximum absolute atomic E-state index is 11.9. The van der Waals surface area contributed by atoms with Gasteiger partial charge in [0.2, 0.25) is 10.0 Å². The molecule has 0 amide bonds. The van der Waals surface area contributed by atoms with E-state index in [0.717, 1.165) is 13.1 Å². The zero-order valence-corrected chi connectivity index (χ0v) is 13.0. The lowest BCUT2D eigenvalue weighted by molar-refractivity contribution is 0.322. The average molecular weight is 298 g/mol. The van der Waals surface area contributed by atoms with Crippen molar-refractivity contribution in [2.45, 2.75) is 23.8 Å². The van der Waals surface area contributed by atoms with Gasteiger partial charge in [0, 0.05) is 32.9 Å². The smallest absolute Gasteiger partial charge is 0.244 e. The summed E-state index contributed by atoms with van der Waals surface area (Å²) in [5.74, 6) is 0.711. The molecule has 0 bridgehead atoms. The number of hydrogen-bond donors (Lipinski definition) is 1. The van der Waals surface area contributed by atoms with E-state index in [9.17, 15) is 8.42 Å². The van der Waals surface area contributed by atoms with Crippen molar-refractivity contribution in [3.05, 3.63) is 18.3 Å². The van der Waals surface area contributed by atoms with Crippen molar-refractivity contribution >= 4 is 15.8 Å². The summed E-state index contributed by atoms with van der Waals surface area (Å²) < 4.78 is 25.0. The molecule has 0 radical (unpaired) electrons. The molecule has 7 heteroatoms. The molecule has 6 nitrogen and oxygen atoms in total. The second kappa shape index (κ2) is 6.07. The van der Waals surface area contributed by atoms with E-state index in [0.29, 0.717) is 11.9 Å². The van der Waals surface area contributed by atoms with Crippen molar-refractivity contribution in [1.82, 2.24) is 14.2 Å². The largest absolute Gasteiger partial charge is 0.369 e. The van der Waals surface area contributed by atoms with Gasteiger partial charge in [-0.15, -0.1) is 0 Å². The summed E-state index contributed by atoms with van der Waals surface area (Å²) in [6.45, 7) is 1.98. The maximum Gasteiger partial charge on any atom is 0.244 e. The van der Waals surface area contributed by atoms with Gasteiger partial charge >= 0.3 is 0 Å². The van der Waals surface area contributed by atoms with E-state index in [-0.39, 0.29) is 4.90 Å². The minimum absolute atomic E-state index is 0.214. The highest BCUT2D eigenvalue weighted by molar-refractivity contribution is 7.89. The molecule has 1 aliphatic rings. The molecule has 1 aromatic heterocycles. The average Bonchev–Trinajstić information content (AvgIpc) is 2.82. The fraction of sp³-hybridized carbons (Fsp3) is 0.615. The van der Waals surface area contributed by atoms with Crippen molar-refractivity contribution in [1.29, 1.82) is 0 Å². The van der Waals surface area contributed by atoms with Crippen LogP contribution in [0.5, 0.6) is 0 Å². The van der Waals surface area contributed by atoms with Crippen LogP contribution in [-0.2, 0) is 10.0 Å². The molecule has 20 heavy (non-hydrogen) atoms. The molecule has 1 saturated heterocycles. The zero-order valence-electron chi connectivity index (χ0n) is 12.2.